The van der Waals surface area contributed by atoms with Crippen LogP contribution >= 0.6 is 0 Å². The Morgan fingerprint density at radius 2 is 1.75 bits per heavy atom. The van der Waals surface area contributed by atoms with E-state index < -0.39 is 5.97 Å². The first-order valence-corrected chi connectivity index (χ1v) is 6.35. The molecule has 0 radical (unpaired) electrons. The smallest absolute Gasteiger partial charge is 0.336 e. The number of aromatic carboxylic acids is 1. The van der Waals surface area contributed by atoms with E-state index in [0.29, 0.717) is 5.56 Å². The summed E-state index contributed by atoms with van der Waals surface area (Å²) in [7, 11) is 0. The van der Waals surface area contributed by atoms with E-state index >= 15 is 0 Å². The quantitative estimate of drug-likeness (QED) is 0.762. The maximum Gasteiger partial charge on any atom is 0.336 e. The number of carbonyl (C=O) groups is 1. The zero-order valence-corrected chi connectivity index (χ0v) is 11.0. The van der Waals surface area contributed by atoms with Crippen LogP contribution < -0.4 is 0 Å². The van der Waals surface area contributed by atoms with Crippen LogP contribution in [0.2, 0.25) is 0 Å². The van der Waals surface area contributed by atoms with Gasteiger partial charge >= 0.3 is 5.97 Å². The van der Waals surface area contributed by atoms with Crippen molar-refractivity contribution >= 4 is 16.7 Å². The van der Waals surface area contributed by atoms with E-state index in [1.807, 2.05) is 43.3 Å². The lowest BCUT2D eigenvalue weighted by molar-refractivity contribution is 0.0699. The molecule has 1 heterocycles. The van der Waals surface area contributed by atoms with E-state index in [1.165, 1.54) is 0 Å². The number of carboxylic acid groups (broad SMARTS) is 1. The van der Waals surface area contributed by atoms with E-state index in [1.54, 1.807) is 18.3 Å². The summed E-state index contributed by atoms with van der Waals surface area (Å²) in [6.45, 7) is 2.00. The number of rotatable bonds is 2. The van der Waals surface area contributed by atoms with Gasteiger partial charge in [0.1, 0.15) is 0 Å². The minimum absolute atomic E-state index is 0.318. The van der Waals surface area contributed by atoms with Crippen LogP contribution in [0.15, 0.2) is 54.7 Å². The Balaban J connectivity index is 2.36. The lowest BCUT2D eigenvalue weighted by Crippen LogP contribution is -1.98. The van der Waals surface area contributed by atoms with Crippen LogP contribution in [-0.2, 0) is 0 Å². The average Bonchev–Trinajstić information content (AvgIpc) is 2.46. The third-order valence-corrected chi connectivity index (χ3v) is 3.42. The van der Waals surface area contributed by atoms with Crippen molar-refractivity contribution in [3.05, 3.63) is 65.9 Å². The van der Waals surface area contributed by atoms with Gasteiger partial charge in [-0.1, -0.05) is 36.4 Å². The first kappa shape index (κ1) is 12.4. The summed E-state index contributed by atoms with van der Waals surface area (Å²) in [5.74, 6) is -0.912. The Kier molecular flexibility index (Phi) is 2.95. The monoisotopic (exact) mass is 263 g/mol. The Morgan fingerprint density at radius 1 is 1.00 bits per heavy atom. The highest BCUT2D eigenvalue weighted by molar-refractivity contribution is 6.07. The molecule has 0 amide bonds. The van der Waals surface area contributed by atoms with Gasteiger partial charge < -0.3 is 5.11 Å². The highest BCUT2D eigenvalue weighted by Crippen LogP contribution is 2.30. The Labute approximate surface area is 116 Å². The molecule has 1 aromatic heterocycles. The second-order valence-corrected chi connectivity index (χ2v) is 4.68. The van der Waals surface area contributed by atoms with Gasteiger partial charge in [-0.05, 0) is 35.4 Å². The lowest BCUT2D eigenvalue weighted by atomic mass is 9.96. The Morgan fingerprint density at radius 3 is 2.50 bits per heavy atom. The van der Waals surface area contributed by atoms with E-state index in [9.17, 15) is 9.90 Å². The van der Waals surface area contributed by atoms with Gasteiger partial charge in [-0.3, -0.25) is 4.98 Å². The third kappa shape index (κ3) is 1.93. The highest BCUT2D eigenvalue weighted by Gasteiger charge is 2.12. The summed E-state index contributed by atoms with van der Waals surface area (Å²) in [6.07, 6.45) is 1.75. The zero-order valence-electron chi connectivity index (χ0n) is 11.0. The fourth-order valence-corrected chi connectivity index (χ4v) is 2.47. The molecular formula is C17H13NO2. The zero-order chi connectivity index (χ0) is 14.1. The Hall–Kier alpha value is -2.68. The van der Waals surface area contributed by atoms with Crippen LogP contribution in [0.1, 0.15) is 15.9 Å². The summed E-state index contributed by atoms with van der Waals surface area (Å²) in [5.41, 5.74) is 3.24. The van der Waals surface area contributed by atoms with Crippen molar-refractivity contribution in [1.82, 2.24) is 4.98 Å². The van der Waals surface area contributed by atoms with Crippen molar-refractivity contribution in [2.45, 2.75) is 6.92 Å². The molecule has 0 saturated carbocycles. The van der Waals surface area contributed by atoms with E-state index in [-0.39, 0.29) is 0 Å². The number of nitrogens with zero attached hydrogens (tertiary/aromatic N) is 1. The molecule has 2 aromatic carbocycles. The van der Waals surface area contributed by atoms with Gasteiger partial charge in [0.15, 0.2) is 0 Å². The maximum atomic E-state index is 11.3. The maximum absolute atomic E-state index is 11.3. The van der Waals surface area contributed by atoms with Crippen molar-refractivity contribution in [2.75, 3.05) is 0 Å². The summed E-state index contributed by atoms with van der Waals surface area (Å²) < 4.78 is 0. The van der Waals surface area contributed by atoms with Crippen molar-refractivity contribution < 1.29 is 9.90 Å². The molecule has 0 atom stereocenters. The first-order chi connectivity index (χ1) is 9.68. The van der Waals surface area contributed by atoms with Crippen molar-refractivity contribution in [3.8, 4) is 11.3 Å². The molecule has 0 aliphatic heterocycles. The molecular weight excluding hydrogens is 250 g/mol. The normalized spacial score (nSPS) is 10.7. The molecule has 20 heavy (non-hydrogen) atoms. The second-order valence-electron chi connectivity index (χ2n) is 4.68. The van der Waals surface area contributed by atoms with E-state index in [0.717, 1.165) is 27.6 Å². The van der Waals surface area contributed by atoms with Crippen LogP contribution in [-0.4, -0.2) is 16.1 Å². The Bertz CT molecular complexity index is 809. The molecule has 0 aliphatic rings. The molecule has 0 spiro atoms. The van der Waals surface area contributed by atoms with Gasteiger partial charge in [-0.25, -0.2) is 4.79 Å². The van der Waals surface area contributed by atoms with Crippen molar-refractivity contribution in [2.24, 2.45) is 0 Å². The van der Waals surface area contributed by atoms with E-state index in [2.05, 4.69) is 4.98 Å². The molecule has 0 aliphatic carbocycles. The molecule has 0 bridgehead atoms. The number of carboxylic acids is 1. The van der Waals surface area contributed by atoms with E-state index in [4.69, 9.17) is 0 Å². The summed E-state index contributed by atoms with van der Waals surface area (Å²) in [5, 5.41) is 10.9. The summed E-state index contributed by atoms with van der Waals surface area (Å²) >= 11 is 0. The van der Waals surface area contributed by atoms with Crippen LogP contribution in [0, 0.1) is 6.92 Å². The average molecular weight is 263 g/mol. The van der Waals surface area contributed by atoms with Crippen LogP contribution in [0.25, 0.3) is 22.0 Å². The number of hydrogen-bond acceptors (Lipinski definition) is 2. The molecule has 0 fully saturated rings. The topological polar surface area (TPSA) is 50.2 Å². The molecule has 3 rings (SSSR count). The first-order valence-electron chi connectivity index (χ1n) is 6.35. The number of benzene rings is 2. The van der Waals surface area contributed by atoms with Crippen LogP contribution in [0.3, 0.4) is 0 Å². The second kappa shape index (κ2) is 4.78. The van der Waals surface area contributed by atoms with Gasteiger partial charge in [0.2, 0.25) is 0 Å². The number of aryl methyl sites for hydroxylation is 1. The molecule has 3 heteroatoms. The van der Waals surface area contributed by atoms with Crippen molar-refractivity contribution in [3.63, 3.8) is 0 Å². The van der Waals surface area contributed by atoms with Gasteiger partial charge in [0.05, 0.1) is 11.3 Å². The molecule has 0 unspecified atom stereocenters. The van der Waals surface area contributed by atoms with Gasteiger partial charge in [0, 0.05) is 11.8 Å². The molecule has 0 saturated heterocycles. The standard InChI is InChI=1S/C17H13NO2/c1-11-5-4-10-18-16(11)14-8-2-7-13-12(14)6-3-9-15(13)17(19)20/h2-10H,1H3,(H,19,20). The molecule has 3 aromatic rings. The highest BCUT2D eigenvalue weighted by atomic mass is 16.4. The van der Waals surface area contributed by atoms with Gasteiger partial charge in [-0.15, -0.1) is 0 Å². The van der Waals surface area contributed by atoms with Gasteiger partial charge in [-0.2, -0.15) is 0 Å². The van der Waals surface area contributed by atoms with Crippen LogP contribution in [0.5, 0.6) is 0 Å². The minimum Gasteiger partial charge on any atom is -0.478 e. The molecule has 1 N–H and O–H groups in total. The number of hydrogen-bond donors (Lipinski definition) is 1. The predicted octanol–water partition coefficient (Wildman–Crippen LogP) is 3.91. The van der Waals surface area contributed by atoms with Crippen molar-refractivity contribution in [1.29, 1.82) is 0 Å². The number of pyridine rings is 1. The van der Waals surface area contributed by atoms with Gasteiger partial charge in [0.25, 0.3) is 0 Å². The fraction of sp³-hybridized carbons (Fsp3) is 0.0588. The SMILES string of the molecule is Cc1cccnc1-c1cccc2c(C(=O)O)cccc12. The summed E-state index contributed by atoms with van der Waals surface area (Å²) in [4.78, 5) is 15.7. The number of fused-ring (bicyclic) bond motifs is 1. The lowest BCUT2D eigenvalue weighted by Gasteiger charge is -2.10. The fourth-order valence-electron chi connectivity index (χ4n) is 2.47. The van der Waals surface area contributed by atoms with Crippen LogP contribution in [0.4, 0.5) is 0 Å². The largest absolute Gasteiger partial charge is 0.478 e. The molecule has 98 valence electrons. The number of aromatic nitrogens is 1. The minimum atomic E-state index is -0.912. The third-order valence-electron chi connectivity index (χ3n) is 3.42. The molecule has 3 nitrogen and oxygen atoms in total. The predicted molar refractivity (Wildman–Crippen MR) is 78.9 cm³/mol. The summed E-state index contributed by atoms with van der Waals surface area (Å²) in [6, 6.07) is 14.9.